The number of carbonyl (C=O) groups excluding carboxylic acids is 1. The predicted octanol–water partition coefficient (Wildman–Crippen LogP) is 1.94. The van der Waals surface area contributed by atoms with Crippen LogP contribution in [-0.2, 0) is 4.74 Å². The monoisotopic (exact) mass is 262 g/mol. The van der Waals surface area contributed by atoms with Gasteiger partial charge in [-0.2, -0.15) is 5.26 Å². The van der Waals surface area contributed by atoms with Gasteiger partial charge in [-0.15, -0.1) is 0 Å². The average Bonchev–Trinajstić information content (AvgIpc) is 2.79. The number of benzene rings is 1. The van der Waals surface area contributed by atoms with Gasteiger partial charge >= 0.3 is 6.09 Å². The molecule has 0 N–H and O–H groups in total. The molecule has 1 amide bonds. The molecule has 1 fully saturated rings. The van der Waals surface area contributed by atoms with Crippen LogP contribution in [0.15, 0.2) is 18.2 Å². The minimum Gasteiger partial charge on any atom is -0.497 e. The van der Waals surface area contributed by atoms with Crippen LogP contribution < -0.4 is 14.4 Å². The molecule has 1 heterocycles. The molecule has 0 bridgehead atoms. The molecule has 0 spiro atoms. The van der Waals surface area contributed by atoms with E-state index in [1.807, 2.05) is 6.07 Å². The third kappa shape index (κ3) is 2.55. The zero-order valence-electron chi connectivity index (χ0n) is 10.8. The summed E-state index contributed by atoms with van der Waals surface area (Å²) in [5.74, 6) is 1.16. The van der Waals surface area contributed by atoms with E-state index < -0.39 is 12.2 Å². The number of nitriles is 1. The minimum absolute atomic E-state index is 0.181. The van der Waals surface area contributed by atoms with Crippen molar-refractivity contribution < 1.29 is 19.0 Å². The maximum absolute atomic E-state index is 11.8. The second-order valence-electron chi connectivity index (χ2n) is 4.02. The molecule has 2 rings (SSSR count). The van der Waals surface area contributed by atoms with Crippen molar-refractivity contribution in [1.29, 1.82) is 5.26 Å². The quantitative estimate of drug-likeness (QED) is 0.829. The zero-order valence-corrected chi connectivity index (χ0v) is 10.8. The van der Waals surface area contributed by atoms with Crippen molar-refractivity contribution >= 4 is 11.8 Å². The second-order valence-corrected chi connectivity index (χ2v) is 4.02. The van der Waals surface area contributed by atoms with Crippen LogP contribution in [0.2, 0.25) is 0 Å². The van der Waals surface area contributed by atoms with Crippen molar-refractivity contribution in [3.63, 3.8) is 0 Å². The number of ether oxygens (including phenoxy) is 3. The van der Waals surface area contributed by atoms with E-state index in [0.717, 1.165) is 0 Å². The molecule has 6 nitrogen and oxygen atoms in total. The Balaban J connectivity index is 2.27. The molecule has 1 atom stereocenters. The normalized spacial score (nSPS) is 17.8. The molecule has 1 unspecified atom stereocenters. The fourth-order valence-electron chi connectivity index (χ4n) is 1.93. The molecular formula is C13H14N2O4. The predicted molar refractivity (Wildman–Crippen MR) is 67.4 cm³/mol. The Hall–Kier alpha value is -2.42. The van der Waals surface area contributed by atoms with Crippen LogP contribution in [-0.4, -0.2) is 33.0 Å². The Kier molecular flexibility index (Phi) is 3.76. The molecule has 0 radical (unpaired) electrons. The highest BCUT2D eigenvalue weighted by atomic mass is 16.6. The van der Waals surface area contributed by atoms with Gasteiger partial charge in [-0.3, -0.25) is 4.90 Å². The Labute approximate surface area is 111 Å². The summed E-state index contributed by atoms with van der Waals surface area (Å²) in [6.45, 7) is 0.342. The number of hydrogen-bond acceptors (Lipinski definition) is 5. The molecule has 0 saturated carbocycles. The number of anilines is 1. The molecule has 6 heteroatoms. The lowest BCUT2D eigenvalue weighted by Gasteiger charge is -2.17. The van der Waals surface area contributed by atoms with Crippen LogP contribution in [0, 0.1) is 11.3 Å². The molecule has 100 valence electrons. The number of carbonyl (C=O) groups is 1. The average molecular weight is 262 g/mol. The van der Waals surface area contributed by atoms with Gasteiger partial charge in [0.2, 0.25) is 0 Å². The molecule has 0 aliphatic carbocycles. The van der Waals surface area contributed by atoms with Crippen molar-refractivity contribution in [2.75, 3.05) is 25.7 Å². The van der Waals surface area contributed by atoms with E-state index in [4.69, 9.17) is 19.5 Å². The lowest BCUT2D eigenvalue weighted by Crippen LogP contribution is -2.24. The SMILES string of the molecule is COc1ccc(N2CC(CC#N)OC2=O)c(OC)c1. The van der Waals surface area contributed by atoms with Crippen LogP contribution in [0.5, 0.6) is 11.5 Å². The van der Waals surface area contributed by atoms with Crippen LogP contribution in [0.1, 0.15) is 6.42 Å². The molecule has 1 aliphatic heterocycles. The maximum Gasteiger partial charge on any atom is 0.414 e. The summed E-state index contributed by atoms with van der Waals surface area (Å²) in [5, 5.41) is 8.64. The molecule has 1 aromatic carbocycles. The fourth-order valence-corrected chi connectivity index (χ4v) is 1.93. The number of amides is 1. The third-order valence-electron chi connectivity index (χ3n) is 2.87. The van der Waals surface area contributed by atoms with E-state index in [0.29, 0.717) is 23.7 Å². The molecule has 0 aromatic heterocycles. The smallest absolute Gasteiger partial charge is 0.414 e. The highest BCUT2D eigenvalue weighted by molar-refractivity contribution is 5.91. The third-order valence-corrected chi connectivity index (χ3v) is 2.87. The number of rotatable bonds is 4. The van der Waals surface area contributed by atoms with E-state index in [9.17, 15) is 4.79 Å². The molecular weight excluding hydrogens is 248 g/mol. The number of nitrogens with zero attached hydrogens (tertiary/aromatic N) is 2. The van der Waals surface area contributed by atoms with Crippen LogP contribution >= 0.6 is 0 Å². The lowest BCUT2D eigenvalue weighted by atomic mass is 10.2. The molecule has 19 heavy (non-hydrogen) atoms. The largest absolute Gasteiger partial charge is 0.497 e. The summed E-state index contributed by atoms with van der Waals surface area (Å²) in [5.41, 5.74) is 0.605. The Morgan fingerprint density at radius 1 is 1.47 bits per heavy atom. The highest BCUT2D eigenvalue weighted by Gasteiger charge is 2.33. The van der Waals surface area contributed by atoms with Gasteiger partial charge in [0.15, 0.2) is 0 Å². The molecule has 1 saturated heterocycles. The van der Waals surface area contributed by atoms with Gasteiger partial charge < -0.3 is 14.2 Å². The first-order chi connectivity index (χ1) is 9.19. The summed E-state index contributed by atoms with van der Waals surface area (Å²) in [7, 11) is 3.08. The lowest BCUT2D eigenvalue weighted by molar-refractivity contribution is 0.143. The minimum atomic E-state index is -0.469. The number of hydrogen-bond donors (Lipinski definition) is 0. The van der Waals surface area contributed by atoms with Gasteiger partial charge in [-0.25, -0.2) is 4.79 Å². The first-order valence-electron chi connectivity index (χ1n) is 5.76. The zero-order chi connectivity index (χ0) is 13.8. The first kappa shape index (κ1) is 13.0. The fraction of sp³-hybridized carbons (Fsp3) is 0.385. The summed E-state index contributed by atoms with van der Waals surface area (Å²) in [4.78, 5) is 13.2. The second kappa shape index (κ2) is 5.48. The van der Waals surface area contributed by atoms with E-state index in [1.54, 1.807) is 25.3 Å². The van der Waals surface area contributed by atoms with Gasteiger partial charge in [0.25, 0.3) is 0 Å². The number of cyclic esters (lactones) is 1. The van der Waals surface area contributed by atoms with Crippen molar-refractivity contribution in [2.24, 2.45) is 0 Å². The van der Waals surface area contributed by atoms with Crippen molar-refractivity contribution in [3.05, 3.63) is 18.2 Å². The topological polar surface area (TPSA) is 71.8 Å². The van der Waals surface area contributed by atoms with Crippen LogP contribution in [0.25, 0.3) is 0 Å². The first-order valence-corrected chi connectivity index (χ1v) is 5.76. The van der Waals surface area contributed by atoms with Gasteiger partial charge in [0, 0.05) is 6.07 Å². The van der Waals surface area contributed by atoms with Crippen molar-refractivity contribution in [2.45, 2.75) is 12.5 Å². The maximum atomic E-state index is 11.8. The van der Waals surface area contributed by atoms with E-state index >= 15 is 0 Å². The van der Waals surface area contributed by atoms with Gasteiger partial charge in [-0.05, 0) is 12.1 Å². The van der Waals surface area contributed by atoms with Gasteiger partial charge in [0.05, 0.1) is 38.9 Å². The summed E-state index contributed by atoms with van der Waals surface area (Å²) in [6.07, 6.45) is -0.686. The van der Waals surface area contributed by atoms with Crippen molar-refractivity contribution in [1.82, 2.24) is 0 Å². The Morgan fingerprint density at radius 3 is 2.89 bits per heavy atom. The highest BCUT2D eigenvalue weighted by Crippen LogP contribution is 2.34. The van der Waals surface area contributed by atoms with E-state index in [1.165, 1.54) is 12.0 Å². The van der Waals surface area contributed by atoms with Crippen molar-refractivity contribution in [3.8, 4) is 17.6 Å². The summed E-state index contributed by atoms with van der Waals surface area (Å²) >= 11 is 0. The number of methoxy groups -OCH3 is 2. The van der Waals surface area contributed by atoms with Crippen LogP contribution in [0.3, 0.4) is 0 Å². The summed E-state index contributed by atoms with van der Waals surface area (Å²) < 4.78 is 15.5. The Morgan fingerprint density at radius 2 is 2.26 bits per heavy atom. The Bertz CT molecular complexity index is 524. The van der Waals surface area contributed by atoms with E-state index in [-0.39, 0.29) is 6.42 Å². The van der Waals surface area contributed by atoms with Crippen LogP contribution in [0.4, 0.5) is 10.5 Å². The van der Waals surface area contributed by atoms with E-state index in [2.05, 4.69) is 0 Å². The molecule has 1 aliphatic rings. The summed E-state index contributed by atoms with van der Waals surface area (Å²) in [6, 6.07) is 7.16. The van der Waals surface area contributed by atoms with Gasteiger partial charge in [-0.1, -0.05) is 0 Å². The molecule has 1 aromatic rings. The standard InChI is InChI=1S/C13H14N2O4/c1-17-9-3-4-11(12(7-9)18-2)15-8-10(5-6-14)19-13(15)16/h3-4,7,10H,5,8H2,1-2H3. The van der Waals surface area contributed by atoms with Gasteiger partial charge in [0.1, 0.15) is 17.6 Å².